The Hall–Kier alpha value is -2.34. The zero-order chi connectivity index (χ0) is 13.9. The summed E-state index contributed by atoms with van der Waals surface area (Å²) in [5, 5.41) is 2.89. The molecule has 0 radical (unpaired) electrons. The molecule has 1 fully saturated rings. The Morgan fingerprint density at radius 2 is 2.05 bits per heavy atom. The van der Waals surface area contributed by atoms with Gasteiger partial charge in [0.1, 0.15) is 0 Å². The van der Waals surface area contributed by atoms with Crippen LogP contribution < -0.4 is 11.1 Å². The quantitative estimate of drug-likeness (QED) is 0.858. The minimum atomic E-state index is -0.178. The molecule has 2 unspecified atom stereocenters. The molecule has 2 aromatic rings. The summed E-state index contributed by atoms with van der Waals surface area (Å²) in [5.74, 6) is 0.373. The molecule has 1 aliphatic carbocycles. The van der Waals surface area contributed by atoms with Crippen molar-refractivity contribution in [2.45, 2.75) is 24.9 Å². The van der Waals surface area contributed by atoms with E-state index >= 15 is 0 Å². The van der Waals surface area contributed by atoms with Gasteiger partial charge in [-0.05, 0) is 25.0 Å². The number of nitrogens with one attached hydrogen (secondary N) is 1. The fraction of sp³-hybridized carbons (Fsp3) is 0.286. The van der Waals surface area contributed by atoms with E-state index in [0.29, 0.717) is 11.4 Å². The molecule has 20 heavy (non-hydrogen) atoms. The number of rotatable bonds is 3. The maximum absolute atomic E-state index is 12.0. The molecule has 0 saturated heterocycles. The Labute approximate surface area is 116 Å². The van der Waals surface area contributed by atoms with Crippen molar-refractivity contribution >= 4 is 5.91 Å². The van der Waals surface area contributed by atoms with E-state index in [2.05, 4.69) is 20.3 Å². The smallest absolute Gasteiger partial charge is 0.254 e. The van der Waals surface area contributed by atoms with Crippen LogP contribution in [0.15, 0.2) is 36.9 Å². The fourth-order valence-corrected chi connectivity index (χ4v) is 2.05. The Balaban J connectivity index is 1.71. The molecule has 1 aliphatic rings. The molecular weight excluding hydrogens is 254 g/mol. The van der Waals surface area contributed by atoms with Crippen LogP contribution in [0.2, 0.25) is 0 Å². The number of nitrogens with two attached hydrogens (primary N) is 1. The Kier molecular flexibility index (Phi) is 3.39. The van der Waals surface area contributed by atoms with Crippen LogP contribution in [0.5, 0.6) is 0 Å². The molecule has 1 saturated carbocycles. The summed E-state index contributed by atoms with van der Waals surface area (Å²) in [6.45, 7) is 0. The number of carbonyl (C=O) groups excluding carboxylic acids is 1. The lowest BCUT2D eigenvalue weighted by molar-refractivity contribution is 0.0905. The van der Waals surface area contributed by atoms with Crippen molar-refractivity contribution < 1.29 is 4.79 Å². The van der Waals surface area contributed by atoms with Gasteiger partial charge in [-0.25, -0.2) is 9.97 Å². The van der Waals surface area contributed by atoms with E-state index in [1.807, 2.05) is 12.1 Å². The molecule has 2 aromatic heterocycles. The van der Waals surface area contributed by atoms with Crippen LogP contribution in [0.3, 0.4) is 0 Å². The number of carbonyl (C=O) groups is 1. The zero-order valence-electron chi connectivity index (χ0n) is 10.9. The highest BCUT2D eigenvalue weighted by Crippen LogP contribution is 2.18. The van der Waals surface area contributed by atoms with Crippen LogP contribution in [0.4, 0.5) is 0 Å². The molecule has 6 nitrogen and oxygen atoms in total. The summed E-state index contributed by atoms with van der Waals surface area (Å²) in [4.78, 5) is 24.4. The van der Waals surface area contributed by atoms with E-state index in [9.17, 15) is 4.79 Å². The van der Waals surface area contributed by atoms with Crippen LogP contribution in [-0.4, -0.2) is 32.9 Å². The van der Waals surface area contributed by atoms with Crippen LogP contribution in [0.1, 0.15) is 23.2 Å². The first-order chi connectivity index (χ1) is 9.74. The molecule has 0 spiro atoms. The number of amides is 1. The lowest BCUT2D eigenvalue weighted by Gasteiger charge is -2.33. The van der Waals surface area contributed by atoms with Crippen LogP contribution >= 0.6 is 0 Å². The van der Waals surface area contributed by atoms with Crippen molar-refractivity contribution in [2.24, 2.45) is 5.73 Å². The van der Waals surface area contributed by atoms with E-state index in [0.717, 1.165) is 18.4 Å². The highest BCUT2D eigenvalue weighted by atomic mass is 16.1. The Morgan fingerprint density at radius 1 is 1.25 bits per heavy atom. The number of pyridine rings is 1. The van der Waals surface area contributed by atoms with Gasteiger partial charge in [0.15, 0.2) is 5.82 Å². The first-order valence-electron chi connectivity index (χ1n) is 6.53. The molecule has 6 heteroatoms. The highest BCUT2D eigenvalue weighted by Gasteiger charge is 2.28. The van der Waals surface area contributed by atoms with Gasteiger partial charge >= 0.3 is 0 Å². The SMILES string of the molecule is NC1CCC1NC(=O)c1cnc(-c2cccnc2)nc1. The minimum Gasteiger partial charge on any atom is -0.348 e. The average molecular weight is 269 g/mol. The van der Waals surface area contributed by atoms with Crippen molar-refractivity contribution in [3.8, 4) is 11.4 Å². The van der Waals surface area contributed by atoms with E-state index in [1.165, 1.54) is 12.4 Å². The standard InChI is InChI=1S/C14H15N5O/c15-11-3-4-12(11)19-14(20)10-7-17-13(18-8-10)9-2-1-5-16-6-9/h1-2,5-8,11-12H,3-4,15H2,(H,19,20). The summed E-state index contributed by atoms with van der Waals surface area (Å²) < 4.78 is 0. The predicted octanol–water partition coefficient (Wildman–Crippen LogP) is 0.758. The van der Waals surface area contributed by atoms with Crippen LogP contribution in [0, 0.1) is 0 Å². The third kappa shape index (κ3) is 2.50. The third-order valence-electron chi connectivity index (χ3n) is 3.48. The molecular formula is C14H15N5O. The van der Waals surface area contributed by atoms with Gasteiger partial charge < -0.3 is 11.1 Å². The predicted molar refractivity (Wildman–Crippen MR) is 73.7 cm³/mol. The summed E-state index contributed by atoms with van der Waals surface area (Å²) in [5.41, 5.74) is 7.06. The summed E-state index contributed by atoms with van der Waals surface area (Å²) in [6, 6.07) is 3.82. The second-order valence-electron chi connectivity index (χ2n) is 4.86. The Morgan fingerprint density at radius 3 is 2.60 bits per heavy atom. The van der Waals surface area contributed by atoms with Gasteiger partial charge in [0.25, 0.3) is 5.91 Å². The topological polar surface area (TPSA) is 93.8 Å². The second kappa shape index (κ2) is 5.34. The first-order valence-corrected chi connectivity index (χ1v) is 6.53. The normalized spacial score (nSPS) is 21.1. The van der Waals surface area contributed by atoms with E-state index in [1.54, 1.807) is 12.4 Å². The first kappa shape index (κ1) is 12.7. The van der Waals surface area contributed by atoms with Gasteiger partial charge in [-0.15, -0.1) is 0 Å². The van der Waals surface area contributed by atoms with Gasteiger partial charge in [-0.2, -0.15) is 0 Å². The number of nitrogens with zero attached hydrogens (tertiary/aromatic N) is 3. The summed E-state index contributed by atoms with van der Waals surface area (Å²) >= 11 is 0. The van der Waals surface area contributed by atoms with E-state index < -0.39 is 0 Å². The molecule has 102 valence electrons. The maximum Gasteiger partial charge on any atom is 0.254 e. The molecule has 0 bridgehead atoms. The van der Waals surface area contributed by atoms with Gasteiger partial charge in [0.05, 0.1) is 5.56 Å². The minimum absolute atomic E-state index is 0.0644. The van der Waals surface area contributed by atoms with Crippen LogP contribution in [-0.2, 0) is 0 Å². The molecule has 2 heterocycles. The van der Waals surface area contributed by atoms with Crippen molar-refractivity contribution in [3.05, 3.63) is 42.5 Å². The number of hydrogen-bond donors (Lipinski definition) is 2. The summed E-state index contributed by atoms with van der Waals surface area (Å²) in [7, 11) is 0. The molecule has 1 amide bonds. The molecule has 3 N–H and O–H groups in total. The molecule has 2 atom stereocenters. The Bertz CT molecular complexity index is 599. The molecule has 3 rings (SSSR count). The third-order valence-corrected chi connectivity index (χ3v) is 3.48. The van der Waals surface area contributed by atoms with Crippen molar-refractivity contribution in [3.63, 3.8) is 0 Å². The van der Waals surface area contributed by atoms with Gasteiger partial charge in [0, 0.05) is 42.4 Å². The lowest BCUT2D eigenvalue weighted by Crippen LogP contribution is -2.54. The lowest BCUT2D eigenvalue weighted by atomic mass is 9.87. The number of hydrogen-bond acceptors (Lipinski definition) is 5. The van der Waals surface area contributed by atoms with Gasteiger partial charge in [-0.1, -0.05) is 0 Å². The molecule has 0 aromatic carbocycles. The van der Waals surface area contributed by atoms with E-state index in [4.69, 9.17) is 5.73 Å². The van der Waals surface area contributed by atoms with Crippen molar-refractivity contribution in [2.75, 3.05) is 0 Å². The second-order valence-corrected chi connectivity index (χ2v) is 4.86. The average Bonchev–Trinajstić information content (AvgIpc) is 2.52. The van der Waals surface area contributed by atoms with E-state index in [-0.39, 0.29) is 18.0 Å². The number of aromatic nitrogens is 3. The fourth-order valence-electron chi connectivity index (χ4n) is 2.05. The maximum atomic E-state index is 12.0. The van der Waals surface area contributed by atoms with Gasteiger partial charge in [0.2, 0.25) is 0 Å². The zero-order valence-corrected chi connectivity index (χ0v) is 10.9. The van der Waals surface area contributed by atoms with Gasteiger partial charge in [-0.3, -0.25) is 9.78 Å². The molecule has 0 aliphatic heterocycles. The van der Waals surface area contributed by atoms with Crippen molar-refractivity contribution in [1.29, 1.82) is 0 Å². The van der Waals surface area contributed by atoms with Crippen molar-refractivity contribution in [1.82, 2.24) is 20.3 Å². The monoisotopic (exact) mass is 269 g/mol. The largest absolute Gasteiger partial charge is 0.348 e. The summed E-state index contributed by atoms with van der Waals surface area (Å²) in [6.07, 6.45) is 8.31. The van der Waals surface area contributed by atoms with Crippen LogP contribution in [0.25, 0.3) is 11.4 Å². The highest BCUT2D eigenvalue weighted by molar-refractivity contribution is 5.94.